The van der Waals surface area contributed by atoms with Gasteiger partial charge in [0.05, 0.1) is 17.6 Å². The highest BCUT2D eigenvalue weighted by Crippen LogP contribution is 2.35. The Labute approximate surface area is 130 Å². The predicted molar refractivity (Wildman–Crippen MR) is 75.7 cm³/mol. The number of nitrogens with zero attached hydrogens (tertiary/aromatic N) is 4. The van der Waals surface area contributed by atoms with Crippen LogP contribution in [0.3, 0.4) is 0 Å². The number of rotatable bonds is 3. The molecule has 6 nitrogen and oxygen atoms in total. The van der Waals surface area contributed by atoms with Crippen molar-refractivity contribution in [2.45, 2.75) is 33.0 Å². The molecule has 2 rings (SSSR count). The number of amides is 1. The number of aromatic nitrogens is 4. The number of hydrogen-bond acceptors (Lipinski definition) is 4. The van der Waals surface area contributed by atoms with Crippen molar-refractivity contribution in [1.82, 2.24) is 25.1 Å². The first-order valence-corrected chi connectivity index (χ1v) is 6.77. The molecule has 2 aromatic heterocycles. The second-order valence-corrected chi connectivity index (χ2v) is 5.20. The molecule has 124 valence electrons. The lowest BCUT2D eigenvalue weighted by Gasteiger charge is -2.22. The third-order valence-corrected chi connectivity index (χ3v) is 3.47. The number of carbonyl (C=O) groups excluding carboxylic acids is 1. The highest BCUT2D eigenvalue weighted by Gasteiger charge is 2.44. The number of nitrogens with one attached hydrogen (secondary N) is 1. The minimum atomic E-state index is -4.66. The van der Waals surface area contributed by atoms with Crippen LogP contribution in [0.2, 0.25) is 0 Å². The molecular formula is C14H16F3N5O. The minimum Gasteiger partial charge on any atom is -0.335 e. The number of hydrogen-bond donors (Lipinski definition) is 1. The lowest BCUT2D eigenvalue weighted by molar-refractivity contribution is -0.155. The van der Waals surface area contributed by atoms with Gasteiger partial charge in [0.15, 0.2) is 6.04 Å². The van der Waals surface area contributed by atoms with Crippen LogP contribution in [-0.2, 0) is 7.05 Å². The van der Waals surface area contributed by atoms with Gasteiger partial charge in [-0.2, -0.15) is 18.3 Å². The summed E-state index contributed by atoms with van der Waals surface area (Å²) < 4.78 is 41.6. The molecule has 0 radical (unpaired) electrons. The summed E-state index contributed by atoms with van der Waals surface area (Å²) >= 11 is 0. The van der Waals surface area contributed by atoms with Gasteiger partial charge in [0.1, 0.15) is 5.69 Å². The van der Waals surface area contributed by atoms with Crippen LogP contribution < -0.4 is 5.32 Å². The summed E-state index contributed by atoms with van der Waals surface area (Å²) in [6.45, 7) is 4.65. The van der Waals surface area contributed by atoms with E-state index in [1.54, 1.807) is 14.0 Å². The molecule has 0 aliphatic carbocycles. The molecule has 0 fully saturated rings. The van der Waals surface area contributed by atoms with Crippen molar-refractivity contribution in [2.75, 3.05) is 0 Å². The van der Waals surface area contributed by atoms with E-state index >= 15 is 0 Å². The molecule has 1 N–H and O–H groups in total. The molecule has 23 heavy (non-hydrogen) atoms. The molecule has 2 aromatic rings. The summed E-state index contributed by atoms with van der Waals surface area (Å²) in [7, 11) is 1.55. The Hall–Kier alpha value is -2.45. The standard InChI is InChI=1S/C14H16F3N5O/c1-7-5-19-10(6-18-7)13(23)20-12(14(15,16)17)11-8(2)21-22(4)9(11)3/h5-6,12H,1-4H3,(H,20,23). The quantitative estimate of drug-likeness (QED) is 0.938. The lowest BCUT2D eigenvalue weighted by Crippen LogP contribution is -2.39. The molecule has 0 aliphatic heterocycles. The summed E-state index contributed by atoms with van der Waals surface area (Å²) in [6.07, 6.45) is -2.20. The van der Waals surface area contributed by atoms with Crippen LogP contribution in [0, 0.1) is 20.8 Å². The first kappa shape index (κ1) is 16.9. The summed E-state index contributed by atoms with van der Waals surface area (Å²) in [4.78, 5) is 19.7. The van der Waals surface area contributed by atoms with E-state index in [0.717, 1.165) is 6.20 Å². The third-order valence-electron chi connectivity index (χ3n) is 3.47. The maximum Gasteiger partial charge on any atom is 0.413 e. The minimum absolute atomic E-state index is 0.0616. The summed E-state index contributed by atoms with van der Waals surface area (Å²) in [5.74, 6) is -0.942. The van der Waals surface area contributed by atoms with Gasteiger partial charge in [-0.05, 0) is 20.8 Å². The first-order chi connectivity index (χ1) is 10.6. The topological polar surface area (TPSA) is 72.7 Å². The molecule has 0 aliphatic rings. The van der Waals surface area contributed by atoms with E-state index in [2.05, 4.69) is 15.1 Å². The van der Waals surface area contributed by atoms with Crippen LogP contribution in [0.15, 0.2) is 12.4 Å². The average molecular weight is 327 g/mol. The van der Waals surface area contributed by atoms with Crippen LogP contribution in [0.5, 0.6) is 0 Å². The largest absolute Gasteiger partial charge is 0.413 e. The Morgan fingerprint density at radius 1 is 1.22 bits per heavy atom. The Kier molecular flexibility index (Phi) is 4.39. The maximum absolute atomic E-state index is 13.4. The molecule has 1 unspecified atom stereocenters. The van der Waals surface area contributed by atoms with Gasteiger partial charge in [-0.25, -0.2) is 4.98 Å². The predicted octanol–water partition coefficient (Wildman–Crippen LogP) is 2.17. The number of halogens is 3. The van der Waals surface area contributed by atoms with E-state index in [-0.39, 0.29) is 17.0 Å². The third kappa shape index (κ3) is 3.49. The van der Waals surface area contributed by atoms with Gasteiger partial charge in [0.2, 0.25) is 0 Å². The fraction of sp³-hybridized carbons (Fsp3) is 0.429. The van der Waals surface area contributed by atoms with Gasteiger partial charge < -0.3 is 5.32 Å². The summed E-state index contributed by atoms with van der Waals surface area (Å²) in [5, 5.41) is 5.96. The zero-order valence-electron chi connectivity index (χ0n) is 13.1. The van der Waals surface area contributed by atoms with Gasteiger partial charge in [0, 0.05) is 24.5 Å². The first-order valence-electron chi connectivity index (χ1n) is 6.77. The summed E-state index contributed by atoms with van der Waals surface area (Å²) in [5.41, 5.74) is 0.869. The van der Waals surface area contributed by atoms with Crippen molar-refractivity contribution >= 4 is 5.91 Å². The van der Waals surface area contributed by atoms with Crippen LogP contribution in [-0.4, -0.2) is 31.8 Å². The molecular weight excluding hydrogens is 311 g/mol. The van der Waals surface area contributed by atoms with Crippen LogP contribution >= 0.6 is 0 Å². The SMILES string of the molecule is Cc1cnc(C(=O)NC(c2c(C)nn(C)c2C)C(F)(F)F)cn1. The van der Waals surface area contributed by atoms with Gasteiger partial charge in [-0.1, -0.05) is 0 Å². The van der Waals surface area contributed by atoms with Crippen molar-refractivity contribution in [2.24, 2.45) is 7.05 Å². The fourth-order valence-corrected chi connectivity index (χ4v) is 2.24. The van der Waals surface area contributed by atoms with Gasteiger partial charge >= 0.3 is 6.18 Å². The van der Waals surface area contributed by atoms with Crippen molar-refractivity contribution in [3.8, 4) is 0 Å². The molecule has 0 saturated carbocycles. The fourth-order valence-electron chi connectivity index (χ4n) is 2.24. The molecule has 0 aromatic carbocycles. The molecule has 0 spiro atoms. The van der Waals surface area contributed by atoms with Gasteiger partial charge in [0.25, 0.3) is 5.91 Å². The molecule has 1 amide bonds. The van der Waals surface area contributed by atoms with Gasteiger partial charge in [-0.15, -0.1) is 0 Å². The summed E-state index contributed by atoms with van der Waals surface area (Å²) in [6, 6.07) is -2.16. The zero-order valence-corrected chi connectivity index (χ0v) is 13.1. The molecule has 0 bridgehead atoms. The van der Waals surface area contributed by atoms with Crippen molar-refractivity contribution in [1.29, 1.82) is 0 Å². The molecule has 0 saturated heterocycles. The van der Waals surface area contributed by atoms with Crippen LogP contribution in [0.1, 0.15) is 39.2 Å². The lowest BCUT2D eigenvalue weighted by atomic mass is 10.0. The Bertz CT molecular complexity index is 721. The Morgan fingerprint density at radius 3 is 2.30 bits per heavy atom. The van der Waals surface area contributed by atoms with E-state index in [9.17, 15) is 18.0 Å². The normalized spacial score (nSPS) is 13.0. The van der Waals surface area contributed by atoms with Crippen molar-refractivity contribution in [3.05, 3.63) is 40.7 Å². The van der Waals surface area contributed by atoms with E-state index in [4.69, 9.17) is 0 Å². The van der Waals surface area contributed by atoms with E-state index in [0.29, 0.717) is 11.4 Å². The van der Waals surface area contributed by atoms with Crippen molar-refractivity contribution < 1.29 is 18.0 Å². The van der Waals surface area contributed by atoms with E-state index in [1.165, 1.54) is 24.7 Å². The zero-order chi connectivity index (χ0) is 17.4. The number of alkyl halides is 3. The highest BCUT2D eigenvalue weighted by atomic mass is 19.4. The van der Waals surface area contributed by atoms with Crippen molar-refractivity contribution in [3.63, 3.8) is 0 Å². The Balaban J connectivity index is 2.37. The Morgan fingerprint density at radius 2 is 1.87 bits per heavy atom. The van der Waals surface area contributed by atoms with Crippen LogP contribution in [0.4, 0.5) is 13.2 Å². The second kappa shape index (κ2) is 5.98. The van der Waals surface area contributed by atoms with E-state index < -0.39 is 18.1 Å². The number of aryl methyl sites for hydroxylation is 3. The maximum atomic E-state index is 13.4. The van der Waals surface area contributed by atoms with E-state index in [1.807, 2.05) is 5.32 Å². The van der Waals surface area contributed by atoms with Crippen LogP contribution in [0.25, 0.3) is 0 Å². The smallest absolute Gasteiger partial charge is 0.335 e. The molecule has 9 heteroatoms. The monoisotopic (exact) mass is 327 g/mol. The number of carbonyl (C=O) groups is 1. The second-order valence-electron chi connectivity index (χ2n) is 5.20. The highest BCUT2D eigenvalue weighted by molar-refractivity contribution is 5.92. The molecule has 2 heterocycles. The molecule has 1 atom stereocenters. The van der Waals surface area contributed by atoms with Gasteiger partial charge in [-0.3, -0.25) is 14.5 Å². The average Bonchev–Trinajstić information content (AvgIpc) is 2.69.